The minimum absolute atomic E-state index is 0.0222. The molecule has 1 rings (SSSR count). The fraction of sp³-hybridized carbons (Fsp3) is 0.462. The highest BCUT2D eigenvalue weighted by Crippen LogP contribution is 2.18. The molecule has 1 unspecified atom stereocenters. The van der Waals surface area contributed by atoms with Crippen LogP contribution < -0.4 is 11.1 Å². The molecule has 0 bridgehead atoms. The van der Waals surface area contributed by atoms with Gasteiger partial charge in [0, 0.05) is 15.8 Å². The van der Waals surface area contributed by atoms with E-state index in [-0.39, 0.29) is 11.8 Å². The Morgan fingerprint density at radius 1 is 1.53 bits per heavy atom. The molecule has 0 saturated heterocycles. The molecule has 1 aromatic carbocycles. The van der Waals surface area contributed by atoms with Gasteiger partial charge in [0.05, 0.1) is 5.92 Å². The van der Waals surface area contributed by atoms with E-state index in [4.69, 9.17) is 5.73 Å². The Labute approximate surface area is 116 Å². The number of carbonyl (C=O) groups is 1. The van der Waals surface area contributed by atoms with Gasteiger partial charge in [-0.25, -0.2) is 0 Å². The van der Waals surface area contributed by atoms with Crippen LogP contribution in [0.2, 0.25) is 0 Å². The third-order valence-electron chi connectivity index (χ3n) is 2.73. The van der Waals surface area contributed by atoms with E-state index in [2.05, 4.69) is 34.8 Å². The van der Waals surface area contributed by atoms with E-state index in [1.54, 1.807) is 0 Å². The van der Waals surface area contributed by atoms with Crippen molar-refractivity contribution >= 4 is 34.2 Å². The highest BCUT2D eigenvalue weighted by molar-refractivity contribution is 14.1. The molecule has 17 heavy (non-hydrogen) atoms. The molecule has 0 spiro atoms. The van der Waals surface area contributed by atoms with E-state index in [9.17, 15) is 4.79 Å². The van der Waals surface area contributed by atoms with Crippen LogP contribution in [0.1, 0.15) is 25.3 Å². The molecule has 1 atom stereocenters. The molecule has 1 aromatic rings. The topological polar surface area (TPSA) is 55.1 Å². The van der Waals surface area contributed by atoms with Crippen molar-refractivity contribution in [2.24, 2.45) is 11.7 Å². The highest BCUT2D eigenvalue weighted by Gasteiger charge is 2.15. The first kappa shape index (κ1) is 14.4. The zero-order valence-electron chi connectivity index (χ0n) is 10.3. The Morgan fingerprint density at radius 2 is 2.24 bits per heavy atom. The number of rotatable bonds is 5. The van der Waals surface area contributed by atoms with Crippen LogP contribution >= 0.6 is 22.6 Å². The summed E-state index contributed by atoms with van der Waals surface area (Å²) in [5.41, 5.74) is 7.67. The zero-order chi connectivity index (χ0) is 12.8. The quantitative estimate of drug-likeness (QED) is 0.806. The molecule has 4 heteroatoms. The van der Waals surface area contributed by atoms with E-state index in [1.807, 2.05) is 25.1 Å². The Hall–Kier alpha value is -0.620. The van der Waals surface area contributed by atoms with Gasteiger partial charge < -0.3 is 11.1 Å². The molecular formula is C13H19IN2O. The van der Waals surface area contributed by atoms with Gasteiger partial charge in [-0.3, -0.25) is 4.79 Å². The molecule has 0 aliphatic heterocycles. The summed E-state index contributed by atoms with van der Waals surface area (Å²) in [5.74, 6) is -0.0621. The van der Waals surface area contributed by atoms with E-state index in [0.29, 0.717) is 6.54 Å². The number of carbonyl (C=O) groups excluding carboxylic acids is 1. The molecule has 0 aromatic heterocycles. The molecule has 94 valence electrons. The predicted octanol–water partition coefficient (Wildman–Crippen LogP) is 2.91. The van der Waals surface area contributed by atoms with Crippen LogP contribution in [0, 0.1) is 16.4 Å². The number of benzene rings is 1. The van der Waals surface area contributed by atoms with Crippen LogP contribution in [0.15, 0.2) is 18.2 Å². The summed E-state index contributed by atoms with van der Waals surface area (Å²) in [7, 11) is 0. The maximum Gasteiger partial charge on any atom is 0.228 e. The van der Waals surface area contributed by atoms with Gasteiger partial charge in [0.25, 0.3) is 0 Å². The lowest BCUT2D eigenvalue weighted by molar-refractivity contribution is -0.119. The van der Waals surface area contributed by atoms with Crippen molar-refractivity contribution in [3.05, 3.63) is 27.3 Å². The minimum atomic E-state index is -0.0843. The van der Waals surface area contributed by atoms with Gasteiger partial charge >= 0.3 is 0 Å². The SMILES string of the molecule is CCCC(CN)C(=O)Nc1ccc(C)c(I)c1. The van der Waals surface area contributed by atoms with Gasteiger partial charge in [-0.15, -0.1) is 0 Å². The van der Waals surface area contributed by atoms with E-state index >= 15 is 0 Å². The normalized spacial score (nSPS) is 12.2. The summed E-state index contributed by atoms with van der Waals surface area (Å²) in [6.07, 6.45) is 1.81. The van der Waals surface area contributed by atoms with Crippen LogP contribution in [0.3, 0.4) is 0 Å². The maximum atomic E-state index is 11.9. The second kappa shape index (κ2) is 6.96. The monoisotopic (exact) mass is 346 g/mol. The number of aryl methyl sites for hydroxylation is 1. The van der Waals surface area contributed by atoms with Crippen LogP contribution in [0.5, 0.6) is 0 Å². The van der Waals surface area contributed by atoms with Gasteiger partial charge in [-0.1, -0.05) is 19.4 Å². The van der Waals surface area contributed by atoms with Crippen molar-refractivity contribution in [2.45, 2.75) is 26.7 Å². The molecule has 3 N–H and O–H groups in total. The number of nitrogens with one attached hydrogen (secondary N) is 1. The van der Waals surface area contributed by atoms with E-state index in [0.717, 1.165) is 22.1 Å². The van der Waals surface area contributed by atoms with Crippen molar-refractivity contribution < 1.29 is 4.79 Å². The minimum Gasteiger partial charge on any atom is -0.330 e. The second-order valence-corrected chi connectivity index (χ2v) is 5.34. The summed E-state index contributed by atoms with van der Waals surface area (Å²) in [6, 6.07) is 5.91. The third kappa shape index (κ3) is 4.27. The highest BCUT2D eigenvalue weighted by atomic mass is 127. The Kier molecular flexibility index (Phi) is 5.91. The van der Waals surface area contributed by atoms with Crippen molar-refractivity contribution in [2.75, 3.05) is 11.9 Å². The van der Waals surface area contributed by atoms with Crippen molar-refractivity contribution in [3.8, 4) is 0 Å². The predicted molar refractivity (Wildman–Crippen MR) is 80.0 cm³/mol. The average molecular weight is 346 g/mol. The first-order valence-electron chi connectivity index (χ1n) is 5.85. The number of hydrogen-bond acceptors (Lipinski definition) is 2. The van der Waals surface area contributed by atoms with Crippen LogP contribution in [0.25, 0.3) is 0 Å². The van der Waals surface area contributed by atoms with Crippen LogP contribution in [-0.4, -0.2) is 12.5 Å². The molecule has 0 aliphatic carbocycles. The number of nitrogens with two attached hydrogens (primary N) is 1. The van der Waals surface area contributed by atoms with Crippen LogP contribution in [0.4, 0.5) is 5.69 Å². The number of amides is 1. The maximum absolute atomic E-state index is 11.9. The Balaban J connectivity index is 2.69. The molecule has 0 radical (unpaired) electrons. The first-order chi connectivity index (χ1) is 8.08. The molecular weight excluding hydrogens is 327 g/mol. The lowest BCUT2D eigenvalue weighted by Crippen LogP contribution is -2.29. The smallest absolute Gasteiger partial charge is 0.228 e. The summed E-state index contributed by atoms with van der Waals surface area (Å²) < 4.78 is 1.15. The van der Waals surface area contributed by atoms with E-state index in [1.165, 1.54) is 5.56 Å². The van der Waals surface area contributed by atoms with Gasteiger partial charge in [0.15, 0.2) is 0 Å². The fourth-order valence-electron chi connectivity index (χ4n) is 1.62. The molecule has 3 nitrogen and oxygen atoms in total. The molecule has 0 saturated carbocycles. The molecule has 0 fully saturated rings. The van der Waals surface area contributed by atoms with Crippen molar-refractivity contribution in [3.63, 3.8) is 0 Å². The third-order valence-corrected chi connectivity index (χ3v) is 3.89. The Morgan fingerprint density at radius 3 is 2.76 bits per heavy atom. The number of halogens is 1. The lowest BCUT2D eigenvalue weighted by atomic mass is 10.0. The molecule has 0 aliphatic rings. The lowest BCUT2D eigenvalue weighted by Gasteiger charge is -2.14. The largest absolute Gasteiger partial charge is 0.330 e. The van der Waals surface area contributed by atoms with Crippen LogP contribution in [-0.2, 0) is 4.79 Å². The van der Waals surface area contributed by atoms with Crippen molar-refractivity contribution in [1.82, 2.24) is 0 Å². The standard InChI is InChI=1S/C13H19IN2O/c1-3-4-10(8-15)13(17)16-11-6-5-9(2)12(14)7-11/h5-7,10H,3-4,8,15H2,1-2H3,(H,16,17). The van der Waals surface area contributed by atoms with Crippen molar-refractivity contribution in [1.29, 1.82) is 0 Å². The molecule has 0 heterocycles. The second-order valence-electron chi connectivity index (χ2n) is 4.17. The summed E-state index contributed by atoms with van der Waals surface area (Å²) in [6.45, 7) is 4.51. The molecule has 1 amide bonds. The fourth-order valence-corrected chi connectivity index (χ4v) is 2.13. The summed E-state index contributed by atoms with van der Waals surface area (Å²) >= 11 is 2.26. The zero-order valence-corrected chi connectivity index (χ0v) is 12.5. The van der Waals surface area contributed by atoms with E-state index < -0.39 is 0 Å². The summed E-state index contributed by atoms with van der Waals surface area (Å²) in [4.78, 5) is 11.9. The van der Waals surface area contributed by atoms with Gasteiger partial charge in [0.2, 0.25) is 5.91 Å². The Bertz CT molecular complexity index is 393. The summed E-state index contributed by atoms with van der Waals surface area (Å²) in [5, 5.41) is 2.92. The number of hydrogen-bond donors (Lipinski definition) is 2. The van der Waals surface area contributed by atoms with Gasteiger partial charge in [0.1, 0.15) is 0 Å². The van der Waals surface area contributed by atoms with Gasteiger partial charge in [-0.05, 0) is 53.6 Å². The first-order valence-corrected chi connectivity index (χ1v) is 6.93. The number of anilines is 1. The average Bonchev–Trinajstić information content (AvgIpc) is 2.30. The van der Waals surface area contributed by atoms with Gasteiger partial charge in [-0.2, -0.15) is 0 Å².